The van der Waals surface area contributed by atoms with E-state index >= 15 is 0 Å². The molecule has 8 aromatic rings. The highest BCUT2D eigenvalue weighted by Gasteiger charge is 2.23. The summed E-state index contributed by atoms with van der Waals surface area (Å²) in [7, 11) is 0. The van der Waals surface area contributed by atoms with Crippen molar-refractivity contribution in [3.8, 4) is 22.3 Å². The Morgan fingerprint density at radius 1 is 0.527 bits per heavy atom. The molecule has 0 heterocycles. The summed E-state index contributed by atoms with van der Waals surface area (Å²) >= 11 is 0. The molecule has 262 valence electrons. The number of nitrogens with zero attached hydrogens (tertiary/aromatic N) is 4. The minimum absolute atomic E-state index is 0.500. The van der Waals surface area contributed by atoms with Crippen LogP contribution in [0, 0.1) is 0 Å². The first-order chi connectivity index (χ1) is 27.2. The highest BCUT2D eigenvalue weighted by atomic mass is 15.1. The average Bonchev–Trinajstić information content (AvgIpc) is 3.63. The van der Waals surface area contributed by atoms with Gasteiger partial charge in [0.2, 0.25) is 0 Å². The van der Waals surface area contributed by atoms with Crippen molar-refractivity contribution in [1.82, 2.24) is 0 Å². The van der Waals surface area contributed by atoms with E-state index in [1.807, 2.05) is 60.7 Å². The van der Waals surface area contributed by atoms with Gasteiger partial charge in [-0.25, -0.2) is 9.98 Å². The molecule has 0 fully saturated rings. The highest BCUT2D eigenvalue weighted by Crippen LogP contribution is 2.45. The maximum atomic E-state index is 5.04. The third kappa shape index (κ3) is 6.78. The molecule has 0 N–H and O–H groups in total. The summed E-state index contributed by atoms with van der Waals surface area (Å²) in [5.41, 5.74) is 14.1. The number of rotatable bonds is 8. The van der Waals surface area contributed by atoms with Gasteiger partial charge in [0.15, 0.2) is 11.7 Å². The lowest BCUT2D eigenvalue weighted by Crippen LogP contribution is -2.10. The first-order valence-corrected chi connectivity index (χ1v) is 18.6. The Hall–Kier alpha value is -7.17. The molecule has 9 rings (SSSR count). The Morgan fingerprint density at radius 2 is 1.16 bits per heavy atom. The van der Waals surface area contributed by atoms with Crippen molar-refractivity contribution in [3.63, 3.8) is 0 Å². The third-order valence-corrected chi connectivity index (χ3v) is 10.3. The van der Waals surface area contributed by atoms with Crippen LogP contribution in [0.1, 0.15) is 27.8 Å². The van der Waals surface area contributed by atoms with Gasteiger partial charge in [-0.05, 0) is 87.8 Å². The zero-order valence-corrected chi connectivity index (χ0v) is 30.4. The van der Waals surface area contributed by atoms with Crippen molar-refractivity contribution in [3.05, 3.63) is 222 Å². The molecule has 0 saturated carbocycles. The monoisotopic (exact) mass is 706 g/mol. The molecule has 0 unspecified atom stereocenters. The van der Waals surface area contributed by atoms with Gasteiger partial charge in [0.1, 0.15) is 0 Å². The Bertz CT molecular complexity index is 2690. The molecule has 0 amide bonds. The summed E-state index contributed by atoms with van der Waals surface area (Å²) < 4.78 is 0. The number of anilines is 3. The number of amidine groups is 2. The summed E-state index contributed by atoms with van der Waals surface area (Å²) in [5.74, 6) is 1.18. The van der Waals surface area contributed by atoms with Crippen molar-refractivity contribution in [2.45, 2.75) is 13.0 Å². The fourth-order valence-corrected chi connectivity index (χ4v) is 7.67. The topological polar surface area (TPSA) is 40.3 Å². The van der Waals surface area contributed by atoms with Crippen LogP contribution in [0.5, 0.6) is 0 Å². The van der Waals surface area contributed by atoms with Gasteiger partial charge >= 0.3 is 0 Å². The van der Waals surface area contributed by atoms with Gasteiger partial charge in [0.25, 0.3) is 0 Å². The molecule has 8 aromatic carbocycles. The molecule has 0 aliphatic heterocycles. The largest absolute Gasteiger partial charge is 0.310 e. The normalized spacial score (nSPS) is 12.3. The smallest absolute Gasteiger partial charge is 0.161 e. The van der Waals surface area contributed by atoms with E-state index in [-0.39, 0.29) is 0 Å². The second-order valence-corrected chi connectivity index (χ2v) is 13.7. The number of benzene rings is 8. The Labute approximate surface area is 322 Å². The van der Waals surface area contributed by atoms with E-state index in [4.69, 9.17) is 9.98 Å². The molecule has 1 aliphatic carbocycles. The number of hydrogen-bond acceptors (Lipinski definition) is 2. The van der Waals surface area contributed by atoms with Crippen LogP contribution < -0.4 is 4.90 Å². The van der Waals surface area contributed by atoms with E-state index < -0.39 is 0 Å². The zero-order chi connectivity index (χ0) is 37.0. The van der Waals surface area contributed by atoms with Crippen LogP contribution in [0.25, 0.3) is 33.0 Å². The van der Waals surface area contributed by atoms with Crippen LogP contribution in [0.3, 0.4) is 0 Å². The minimum atomic E-state index is 0.500. The predicted molar refractivity (Wildman–Crippen MR) is 232 cm³/mol. The van der Waals surface area contributed by atoms with Gasteiger partial charge in [-0.2, -0.15) is 0 Å². The lowest BCUT2D eigenvalue weighted by atomic mass is 9.93. The Morgan fingerprint density at radius 3 is 1.91 bits per heavy atom. The van der Waals surface area contributed by atoms with E-state index in [9.17, 15) is 0 Å². The second kappa shape index (κ2) is 15.1. The molecule has 0 radical (unpaired) electrons. The molecule has 4 nitrogen and oxygen atoms in total. The number of para-hydroxylation sites is 1. The molecule has 0 spiro atoms. The number of hydrogen-bond donors (Lipinski definition) is 0. The quantitative estimate of drug-likeness (QED) is 0.115. The van der Waals surface area contributed by atoms with Crippen LogP contribution >= 0.6 is 0 Å². The van der Waals surface area contributed by atoms with Crippen molar-refractivity contribution < 1.29 is 0 Å². The third-order valence-electron chi connectivity index (χ3n) is 10.3. The van der Waals surface area contributed by atoms with Gasteiger partial charge in [0.05, 0.1) is 12.2 Å². The van der Waals surface area contributed by atoms with Crippen LogP contribution in [-0.2, 0) is 13.0 Å². The predicted octanol–water partition coefficient (Wildman–Crippen LogP) is 12.6. The van der Waals surface area contributed by atoms with E-state index in [0.717, 1.165) is 40.2 Å². The lowest BCUT2D eigenvalue weighted by Gasteiger charge is -2.27. The maximum Gasteiger partial charge on any atom is 0.161 e. The van der Waals surface area contributed by atoms with Crippen LogP contribution in [0.2, 0.25) is 0 Å². The van der Waals surface area contributed by atoms with Gasteiger partial charge < -0.3 is 4.90 Å². The fraction of sp³-hybridized carbons (Fsp3) is 0.0392. The Balaban J connectivity index is 1.03. The van der Waals surface area contributed by atoms with Crippen LogP contribution in [-0.4, -0.2) is 18.4 Å². The molecule has 0 atom stereocenters. The van der Waals surface area contributed by atoms with Crippen LogP contribution in [0.4, 0.5) is 17.1 Å². The lowest BCUT2D eigenvalue weighted by molar-refractivity contribution is 1.05. The Kier molecular flexibility index (Phi) is 9.21. The van der Waals surface area contributed by atoms with Crippen molar-refractivity contribution in [1.29, 1.82) is 0 Å². The summed E-state index contributed by atoms with van der Waals surface area (Å²) in [6.07, 6.45) is 0.888. The van der Waals surface area contributed by atoms with Crippen molar-refractivity contribution >= 4 is 46.2 Å². The number of fused-ring (bicyclic) bond motifs is 4. The maximum absolute atomic E-state index is 5.04. The first kappa shape index (κ1) is 33.7. The molecule has 0 bridgehead atoms. The van der Waals surface area contributed by atoms with Gasteiger partial charge in [0, 0.05) is 27.9 Å². The second-order valence-electron chi connectivity index (χ2n) is 13.7. The van der Waals surface area contributed by atoms with Gasteiger partial charge in [-0.1, -0.05) is 164 Å². The molecule has 4 heteroatoms. The summed E-state index contributed by atoms with van der Waals surface area (Å²) in [6, 6.07) is 68.2. The number of aliphatic imine (C=N–C) groups is 3. The average molecular weight is 707 g/mol. The van der Waals surface area contributed by atoms with E-state index in [1.165, 1.54) is 44.2 Å². The SMILES string of the molecule is C=NC(=NC(=NCc1ccc2c(c1)Cc1cccc(-c3ccc(N(c4ccccc4)c4cccc5ccccc45)cc3)c1-2)c1ccccc1)c1ccccc1. The molecular formula is C51H38N4. The molecule has 55 heavy (non-hydrogen) atoms. The zero-order valence-electron chi connectivity index (χ0n) is 30.4. The highest BCUT2D eigenvalue weighted by molar-refractivity contribution is 6.12. The first-order valence-electron chi connectivity index (χ1n) is 18.6. The summed E-state index contributed by atoms with van der Waals surface area (Å²) in [4.78, 5) is 16.5. The molecule has 0 saturated heterocycles. The standard InChI is InChI=1S/C51H38N4/c1-52-50(39-16-5-2-6-17-39)54-51(40-18-7-3-8-19-40)53-35-36-27-32-47-42(33-36)34-41-21-13-25-46(49(41)47)38-28-30-44(31-29-38)55(43-22-9-4-10-23-43)48-26-14-20-37-15-11-12-24-45(37)48/h2-33H,1,34-35H2. The van der Waals surface area contributed by atoms with E-state index in [2.05, 4.69) is 150 Å². The van der Waals surface area contributed by atoms with Crippen molar-refractivity contribution in [2.75, 3.05) is 4.90 Å². The molecular weight excluding hydrogens is 669 g/mol. The van der Waals surface area contributed by atoms with E-state index in [0.29, 0.717) is 18.2 Å². The van der Waals surface area contributed by atoms with Crippen LogP contribution in [0.15, 0.2) is 209 Å². The van der Waals surface area contributed by atoms with Crippen molar-refractivity contribution in [2.24, 2.45) is 15.0 Å². The molecule has 1 aliphatic rings. The van der Waals surface area contributed by atoms with Gasteiger partial charge in [-0.3, -0.25) is 4.99 Å². The van der Waals surface area contributed by atoms with Gasteiger partial charge in [-0.15, -0.1) is 0 Å². The minimum Gasteiger partial charge on any atom is -0.310 e. The molecule has 0 aromatic heterocycles. The summed E-state index contributed by atoms with van der Waals surface area (Å²) in [6.45, 7) is 4.30. The van der Waals surface area contributed by atoms with E-state index in [1.54, 1.807) is 0 Å². The summed E-state index contributed by atoms with van der Waals surface area (Å²) in [5, 5.41) is 2.44. The fourth-order valence-electron chi connectivity index (χ4n) is 7.67.